The van der Waals surface area contributed by atoms with E-state index in [0.717, 1.165) is 88.4 Å². The van der Waals surface area contributed by atoms with Crippen molar-refractivity contribution >= 4 is 43.7 Å². The second kappa shape index (κ2) is 13.6. The van der Waals surface area contributed by atoms with Crippen molar-refractivity contribution in [1.29, 1.82) is 5.26 Å². The summed E-state index contributed by atoms with van der Waals surface area (Å²) < 4.78 is 8.82. The van der Waals surface area contributed by atoms with Crippen LogP contribution < -0.4 is 0 Å². The predicted molar refractivity (Wildman–Crippen MR) is 233 cm³/mol. The quantitative estimate of drug-likeness (QED) is 0.169. The lowest BCUT2D eigenvalue weighted by Gasteiger charge is -2.12. The van der Waals surface area contributed by atoms with Gasteiger partial charge in [-0.3, -0.25) is 0 Å². The monoisotopic (exact) mass is 741 g/mol. The van der Waals surface area contributed by atoms with Crippen LogP contribution in [-0.2, 0) is 0 Å². The summed E-state index contributed by atoms with van der Waals surface area (Å²) >= 11 is 0. The lowest BCUT2D eigenvalue weighted by atomic mass is 9.99. The molecule has 3 heterocycles. The Hall–Kier alpha value is -8.14. The average molecular weight is 742 g/mol. The van der Waals surface area contributed by atoms with Gasteiger partial charge < -0.3 is 8.98 Å². The second-order valence-electron chi connectivity index (χ2n) is 14.4. The first-order valence-corrected chi connectivity index (χ1v) is 19.2. The van der Waals surface area contributed by atoms with Crippen molar-refractivity contribution in [2.45, 2.75) is 0 Å². The normalized spacial score (nSPS) is 11.4. The van der Waals surface area contributed by atoms with Crippen LogP contribution in [0.2, 0.25) is 0 Å². The van der Waals surface area contributed by atoms with Crippen LogP contribution in [0.15, 0.2) is 192 Å². The molecule has 0 spiro atoms. The minimum absolute atomic E-state index is 0.503. The van der Waals surface area contributed by atoms with Crippen molar-refractivity contribution in [3.8, 4) is 68.2 Å². The lowest BCUT2D eigenvalue weighted by Crippen LogP contribution is -2.01. The van der Waals surface area contributed by atoms with E-state index in [9.17, 15) is 5.26 Å². The number of aromatic nitrogens is 4. The second-order valence-corrected chi connectivity index (χ2v) is 14.4. The number of nitrogens with zero attached hydrogens (tertiary/aromatic N) is 5. The van der Waals surface area contributed by atoms with Crippen molar-refractivity contribution in [3.63, 3.8) is 0 Å². The molecule has 0 bridgehead atoms. The first-order valence-electron chi connectivity index (χ1n) is 19.2. The van der Waals surface area contributed by atoms with E-state index in [2.05, 4.69) is 120 Å². The topological polar surface area (TPSA) is 80.5 Å². The summed E-state index contributed by atoms with van der Waals surface area (Å²) in [6.45, 7) is 0. The molecule has 3 aromatic heterocycles. The number of hydrogen-bond donors (Lipinski definition) is 0. The van der Waals surface area contributed by atoms with Gasteiger partial charge in [-0.15, -0.1) is 0 Å². The molecule has 11 aromatic rings. The highest BCUT2D eigenvalue weighted by Gasteiger charge is 2.19. The maximum atomic E-state index is 9.65. The molecule has 270 valence electrons. The Kier molecular flexibility index (Phi) is 7.76. The zero-order valence-electron chi connectivity index (χ0n) is 31.0. The number of rotatable bonds is 6. The largest absolute Gasteiger partial charge is 0.455 e. The van der Waals surface area contributed by atoms with Crippen molar-refractivity contribution in [2.24, 2.45) is 0 Å². The molecule has 0 aliphatic heterocycles. The molecular formula is C52H31N5O. The summed E-state index contributed by atoms with van der Waals surface area (Å²) in [6, 6.07) is 66.5. The van der Waals surface area contributed by atoms with Gasteiger partial charge in [-0.25, -0.2) is 15.0 Å². The van der Waals surface area contributed by atoms with Gasteiger partial charge in [0.2, 0.25) is 0 Å². The number of nitriles is 1. The van der Waals surface area contributed by atoms with Crippen LogP contribution >= 0.6 is 0 Å². The van der Waals surface area contributed by atoms with Crippen molar-refractivity contribution in [1.82, 2.24) is 19.5 Å². The van der Waals surface area contributed by atoms with Gasteiger partial charge in [0.15, 0.2) is 17.5 Å². The fraction of sp³-hybridized carbons (Fsp3) is 0. The Morgan fingerprint density at radius 2 is 0.983 bits per heavy atom. The molecular weight excluding hydrogens is 711 g/mol. The molecule has 8 aromatic carbocycles. The van der Waals surface area contributed by atoms with E-state index in [-0.39, 0.29) is 0 Å². The van der Waals surface area contributed by atoms with Crippen LogP contribution in [0.1, 0.15) is 5.56 Å². The highest BCUT2D eigenvalue weighted by molar-refractivity contribution is 6.14. The molecule has 6 heteroatoms. The Morgan fingerprint density at radius 3 is 1.72 bits per heavy atom. The highest BCUT2D eigenvalue weighted by Crippen LogP contribution is 2.41. The zero-order chi connectivity index (χ0) is 38.6. The van der Waals surface area contributed by atoms with Crippen molar-refractivity contribution < 1.29 is 4.42 Å². The molecule has 0 aliphatic rings. The van der Waals surface area contributed by atoms with Gasteiger partial charge in [-0.2, -0.15) is 5.26 Å². The average Bonchev–Trinajstić information content (AvgIpc) is 3.85. The number of para-hydroxylation sites is 2. The molecule has 0 unspecified atom stereocenters. The molecule has 6 nitrogen and oxygen atoms in total. The van der Waals surface area contributed by atoms with Gasteiger partial charge >= 0.3 is 0 Å². The summed E-state index contributed by atoms with van der Waals surface area (Å²) in [5, 5.41) is 14.1. The maximum Gasteiger partial charge on any atom is 0.164 e. The Bertz CT molecular complexity index is 3410. The summed E-state index contributed by atoms with van der Waals surface area (Å²) in [5.74, 6) is 1.61. The molecule has 0 fully saturated rings. The van der Waals surface area contributed by atoms with Crippen LogP contribution in [-0.4, -0.2) is 19.5 Å². The third kappa shape index (κ3) is 5.61. The fourth-order valence-electron chi connectivity index (χ4n) is 8.12. The maximum absolute atomic E-state index is 9.65. The van der Waals surface area contributed by atoms with Gasteiger partial charge in [-0.05, 0) is 71.3 Å². The number of furan rings is 1. The summed E-state index contributed by atoms with van der Waals surface area (Å²) in [4.78, 5) is 14.9. The molecule has 0 amide bonds. The van der Waals surface area contributed by atoms with Crippen molar-refractivity contribution in [2.75, 3.05) is 0 Å². The van der Waals surface area contributed by atoms with Gasteiger partial charge in [0, 0.05) is 49.5 Å². The van der Waals surface area contributed by atoms with E-state index in [1.807, 2.05) is 72.8 Å². The third-order valence-corrected chi connectivity index (χ3v) is 10.9. The smallest absolute Gasteiger partial charge is 0.164 e. The van der Waals surface area contributed by atoms with Gasteiger partial charge in [0.1, 0.15) is 11.2 Å². The minimum Gasteiger partial charge on any atom is -0.455 e. The third-order valence-electron chi connectivity index (χ3n) is 10.9. The summed E-state index contributed by atoms with van der Waals surface area (Å²) in [5.41, 5.74) is 12.4. The van der Waals surface area contributed by atoms with Gasteiger partial charge in [0.05, 0.1) is 22.7 Å². The van der Waals surface area contributed by atoms with E-state index in [1.165, 1.54) is 0 Å². The standard InChI is InChI=1S/C52H31N5O/c53-32-33-12-9-17-38(28-33)51-54-50(35-15-5-2-6-16-35)55-52(56-51)39-18-10-19-40(29-39)57-46-26-24-36(34-13-3-1-4-14-34)30-44(46)45-31-37(25-27-47(45)57)41-21-11-22-43-42-20-7-8-23-48(42)58-49(41)43/h1-31H. The van der Waals surface area contributed by atoms with E-state index >= 15 is 0 Å². The van der Waals surface area contributed by atoms with E-state index in [4.69, 9.17) is 19.4 Å². The van der Waals surface area contributed by atoms with E-state index in [1.54, 1.807) is 6.07 Å². The lowest BCUT2D eigenvalue weighted by molar-refractivity contribution is 0.670. The van der Waals surface area contributed by atoms with Gasteiger partial charge in [-0.1, -0.05) is 133 Å². The van der Waals surface area contributed by atoms with E-state index in [0.29, 0.717) is 23.0 Å². The van der Waals surface area contributed by atoms with Crippen molar-refractivity contribution in [3.05, 3.63) is 194 Å². The Morgan fingerprint density at radius 1 is 0.414 bits per heavy atom. The molecule has 0 aliphatic carbocycles. The molecule has 0 N–H and O–H groups in total. The summed E-state index contributed by atoms with van der Waals surface area (Å²) in [6.07, 6.45) is 0. The predicted octanol–water partition coefficient (Wildman–Crippen LogP) is 13.1. The number of fused-ring (bicyclic) bond motifs is 6. The van der Waals surface area contributed by atoms with Gasteiger partial charge in [0.25, 0.3) is 0 Å². The minimum atomic E-state index is 0.503. The molecule has 11 rings (SSSR count). The van der Waals surface area contributed by atoms with Crippen LogP contribution in [0, 0.1) is 11.3 Å². The Balaban J connectivity index is 1.11. The van der Waals surface area contributed by atoms with Crippen LogP contribution in [0.3, 0.4) is 0 Å². The molecule has 58 heavy (non-hydrogen) atoms. The molecule has 0 atom stereocenters. The molecule has 0 saturated heterocycles. The summed E-state index contributed by atoms with van der Waals surface area (Å²) in [7, 11) is 0. The first kappa shape index (κ1) is 33.2. The zero-order valence-corrected chi connectivity index (χ0v) is 31.0. The fourth-order valence-corrected chi connectivity index (χ4v) is 8.12. The first-order chi connectivity index (χ1) is 28.7. The molecule has 0 radical (unpaired) electrons. The SMILES string of the molecule is N#Cc1cccc(-c2nc(-c3ccccc3)nc(-c3cccc(-n4c5ccc(-c6ccccc6)cc5c5cc(-c6cccc7c6oc6ccccc67)ccc54)c3)n2)c1. The number of hydrogen-bond acceptors (Lipinski definition) is 5. The van der Waals surface area contributed by atoms with Crippen LogP contribution in [0.4, 0.5) is 0 Å². The van der Waals surface area contributed by atoms with E-state index < -0.39 is 0 Å². The van der Waals surface area contributed by atoms with Crippen LogP contribution in [0.25, 0.3) is 106 Å². The Labute approximate surface area is 333 Å². The number of benzene rings is 8. The molecule has 0 saturated carbocycles. The highest BCUT2D eigenvalue weighted by atomic mass is 16.3. The van der Waals surface area contributed by atoms with Crippen LogP contribution in [0.5, 0.6) is 0 Å².